The number of carboxylic acid groups (broad SMARTS) is 1. The van der Waals surface area contributed by atoms with Gasteiger partial charge in [-0.2, -0.15) is 0 Å². The Morgan fingerprint density at radius 2 is 2.42 bits per heavy atom. The zero-order valence-electron chi connectivity index (χ0n) is 6.47. The van der Waals surface area contributed by atoms with Crippen molar-refractivity contribution in [1.82, 2.24) is 9.55 Å². The second kappa shape index (κ2) is 3.17. The average molecular weight is 168 g/mol. The van der Waals surface area contributed by atoms with E-state index in [0.29, 0.717) is 0 Å². The molecule has 0 amide bonds. The minimum absolute atomic E-state index is 0.361. The smallest absolute Gasteiger partial charge is 0.326 e. The van der Waals surface area contributed by atoms with Crippen LogP contribution >= 0.6 is 0 Å². The predicted molar refractivity (Wildman–Crippen MR) is 40.8 cm³/mol. The van der Waals surface area contributed by atoms with Gasteiger partial charge in [0.2, 0.25) is 0 Å². The second-order valence-electron chi connectivity index (χ2n) is 2.34. The highest BCUT2D eigenvalue weighted by Crippen LogP contribution is 1.98. The lowest BCUT2D eigenvalue weighted by Crippen LogP contribution is -2.27. The number of nitrogens with zero attached hydrogens (tertiary/aromatic N) is 2. The topological polar surface area (TPSA) is 72.2 Å². The molecule has 0 saturated carbocycles. The van der Waals surface area contributed by atoms with Crippen LogP contribution in [0.4, 0.5) is 0 Å². The second-order valence-corrected chi connectivity index (χ2v) is 2.34. The third kappa shape index (κ3) is 1.50. The van der Waals surface area contributed by atoms with Gasteiger partial charge in [-0.3, -0.25) is 9.36 Å². The molecule has 0 saturated heterocycles. The molecule has 0 unspecified atom stereocenters. The van der Waals surface area contributed by atoms with Crippen LogP contribution < -0.4 is 5.56 Å². The van der Waals surface area contributed by atoms with Crippen LogP contribution in [0.1, 0.15) is 13.0 Å². The Kier molecular flexibility index (Phi) is 2.23. The fraction of sp³-hybridized carbons (Fsp3) is 0.286. The standard InChI is InChI=1S/C7H8N2O3/c1-5(7(11)12)9-4-8-3-2-6(9)10/h2-5H,1H3,(H,11,12)/t5-/m1/s1. The number of hydrogen-bond donors (Lipinski definition) is 1. The lowest BCUT2D eigenvalue weighted by atomic mass is 10.3. The molecule has 0 aliphatic carbocycles. The summed E-state index contributed by atoms with van der Waals surface area (Å²) in [4.78, 5) is 25.1. The molecule has 0 aromatic carbocycles. The van der Waals surface area contributed by atoms with Crippen LogP contribution in [0, 0.1) is 0 Å². The van der Waals surface area contributed by atoms with E-state index in [1.54, 1.807) is 0 Å². The number of hydrogen-bond acceptors (Lipinski definition) is 3. The number of rotatable bonds is 2. The molecular weight excluding hydrogens is 160 g/mol. The van der Waals surface area contributed by atoms with Crippen LogP contribution in [0.15, 0.2) is 23.4 Å². The maximum absolute atomic E-state index is 11.0. The molecule has 1 atom stereocenters. The lowest BCUT2D eigenvalue weighted by Gasteiger charge is -2.07. The Bertz CT molecular complexity index is 345. The fourth-order valence-electron chi connectivity index (χ4n) is 0.770. The van der Waals surface area contributed by atoms with Gasteiger partial charge in [-0.05, 0) is 6.92 Å². The number of carbonyl (C=O) groups is 1. The molecule has 5 heteroatoms. The summed E-state index contributed by atoms with van der Waals surface area (Å²) < 4.78 is 1.06. The van der Waals surface area contributed by atoms with E-state index in [0.717, 1.165) is 4.57 Å². The molecule has 1 heterocycles. The van der Waals surface area contributed by atoms with Gasteiger partial charge < -0.3 is 5.11 Å². The quantitative estimate of drug-likeness (QED) is 0.668. The van der Waals surface area contributed by atoms with Gasteiger partial charge in [-0.15, -0.1) is 0 Å². The molecule has 1 N–H and O–H groups in total. The first-order chi connectivity index (χ1) is 5.63. The average Bonchev–Trinajstić information content (AvgIpc) is 2.04. The van der Waals surface area contributed by atoms with Crippen molar-refractivity contribution in [2.24, 2.45) is 0 Å². The molecule has 0 aliphatic heterocycles. The van der Waals surface area contributed by atoms with Gasteiger partial charge in [0, 0.05) is 12.3 Å². The minimum Gasteiger partial charge on any atom is -0.480 e. The maximum Gasteiger partial charge on any atom is 0.326 e. The van der Waals surface area contributed by atoms with Gasteiger partial charge in [-0.1, -0.05) is 0 Å². The number of aromatic nitrogens is 2. The first-order valence-electron chi connectivity index (χ1n) is 3.38. The summed E-state index contributed by atoms with van der Waals surface area (Å²) in [5.74, 6) is -1.05. The first kappa shape index (κ1) is 8.45. The molecule has 12 heavy (non-hydrogen) atoms. The van der Waals surface area contributed by atoms with Crippen molar-refractivity contribution >= 4 is 5.97 Å². The molecule has 0 bridgehead atoms. The van der Waals surface area contributed by atoms with Crippen molar-refractivity contribution in [2.75, 3.05) is 0 Å². The van der Waals surface area contributed by atoms with Gasteiger partial charge >= 0.3 is 5.97 Å². The highest BCUT2D eigenvalue weighted by atomic mass is 16.4. The highest BCUT2D eigenvalue weighted by Gasteiger charge is 2.13. The van der Waals surface area contributed by atoms with Crippen LogP contribution in [-0.4, -0.2) is 20.6 Å². The van der Waals surface area contributed by atoms with Crippen LogP contribution in [0.3, 0.4) is 0 Å². The summed E-state index contributed by atoms with van der Waals surface area (Å²) in [6, 6.07) is 0.352. The summed E-state index contributed by atoms with van der Waals surface area (Å²) in [5, 5.41) is 8.57. The highest BCUT2D eigenvalue weighted by molar-refractivity contribution is 5.71. The molecule has 0 fully saturated rings. The van der Waals surface area contributed by atoms with E-state index in [-0.39, 0.29) is 5.56 Å². The molecular formula is C7H8N2O3. The third-order valence-corrected chi connectivity index (χ3v) is 1.52. The molecule has 5 nitrogen and oxygen atoms in total. The minimum atomic E-state index is -1.05. The summed E-state index contributed by atoms with van der Waals surface area (Å²) >= 11 is 0. The van der Waals surface area contributed by atoms with E-state index < -0.39 is 12.0 Å². The van der Waals surface area contributed by atoms with Crippen molar-refractivity contribution < 1.29 is 9.90 Å². The number of carboxylic acids is 1. The van der Waals surface area contributed by atoms with E-state index in [4.69, 9.17) is 5.11 Å². The zero-order valence-corrected chi connectivity index (χ0v) is 6.47. The Balaban J connectivity index is 3.11. The monoisotopic (exact) mass is 168 g/mol. The third-order valence-electron chi connectivity index (χ3n) is 1.52. The van der Waals surface area contributed by atoms with Crippen molar-refractivity contribution in [2.45, 2.75) is 13.0 Å². The molecule has 1 rings (SSSR count). The van der Waals surface area contributed by atoms with E-state index in [2.05, 4.69) is 4.98 Å². The van der Waals surface area contributed by atoms with E-state index in [1.165, 1.54) is 25.5 Å². The molecule has 0 radical (unpaired) electrons. The normalized spacial score (nSPS) is 12.4. The van der Waals surface area contributed by atoms with Gasteiger partial charge in [0.05, 0.1) is 6.33 Å². The summed E-state index contributed by atoms with van der Waals surface area (Å²) in [5.41, 5.74) is -0.361. The van der Waals surface area contributed by atoms with Crippen molar-refractivity contribution in [3.05, 3.63) is 28.9 Å². The largest absolute Gasteiger partial charge is 0.480 e. The Hall–Kier alpha value is -1.65. The Labute approximate surface area is 68.3 Å². The van der Waals surface area contributed by atoms with Crippen molar-refractivity contribution in [3.8, 4) is 0 Å². The van der Waals surface area contributed by atoms with Crippen molar-refractivity contribution in [1.29, 1.82) is 0 Å². The summed E-state index contributed by atoms with van der Waals surface area (Å²) in [6.45, 7) is 1.42. The maximum atomic E-state index is 11.0. The molecule has 0 aliphatic rings. The van der Waals surface area contributed by atoms with Gasteiger partial charge in [-0.25, -0.2) is 9.78 Å². The molecule has 64 valence electrons. The fourth-order valence-corrected chi connectivity index (χ4v) is 0.770. The number of aliphatic carboxylic acids is 1. The molecule has 0 spiro atoms. The van der Waals surface area contributed by atoms with Gasteiger partial charge in [0.15, 0.2) is 0 Å². The van der Waals surface area contributed by atoms with E-state index in [9.17, 15) is 9.59 Å². The Morgan fingerprint density at radius 3 is 2.92 bits per heavy atom. The van der Waals surface area contributed by atoms with E-state index >= 15 is 0 Å². The first-order valence-corrected chi connectivity index (χ1v) is 3.38. The summed E-state index contributed by atoms with van der Waals surface area (Å²) in [6.07, 6.45) is 2.54. The predicted octanol–water partition coefficient (Wildman–Crippen LogP) is -0.111. The van der Waals surface area contributed by atoms with Crippen molar-refractivity contribution in [3.63, 3.8) is 0 Å². The SMILES string of the molecule is C[C@H](C(=O)O)n1cnccc1=O. The van der Waals surface area contributed by atoms with E-state index in [1.807, 2.05) is 0 Å². The van der Waals surface area contributed by atoms with Crippen LogP contribution in [0.5, 0.6) is 0 Å². The van der Waals surface area contributed by atoms with Gasteiger partial charge in [0.25, 0.3) is 5.56 Å². The lowest BCUT2D eigenvalue weighted by molar-refractivity contribution is -0.140. The van der Waals surface area contributed by atoms with Crippen LogP contribution in [-0.2, 0) is 4.79 Å². The van der Waals surface area contributed by atoms with Gasteiger partial charge in [0.1, 0.15) is 6.04 Å². The summed E-state index contributed by atoms with van der Waals surface area (Å²) in [7, 11) is 0. The Morgan fingerprint density at radius 1 is 1.75 bits per heavy atom. The van der Waals surface area contributed by atoms with Crippen LogP contribution in [0.2, 0.25) is 0 Å². The van der Waals surface area contributed by atoms with Crippen LogP contribution in [0.25, 0.3) is 0 Å². The molecule has 1 aromatic heterocycles. The zero-order chi connectivity index (χ0) is 9.14. The molecule has 1 aromatic rings.